The first-order valence-corrected chi connectivity index (χ1v) is 7.74. The van der Waals surface area contributed by atoms with Crippen LogP contribution in [0.2, 0.25) is 0 Å². The summed E-state index contributed by atoms with van der Waals surface area (Å²) in [5.74, 6) is 1.01. The highest BCUT2D eigenvalue weighted by atomic mass is 19.1. The van der Waals surface area contributed by atoms with Crippen LogP contribution >= 0.6 is 0 Å². The largest absolute Gasteiger partial charge is 0.463 e. The van der Waals surface area contributed by atoms with Crippen LogP contribution in [0.3, 0.4) is 0 Å². The van der Waals surface area contributed by atoms with Crippen LogP contribution in [-0.4, -0.2) is 21.8 Å². The molecular formula is C18H20FN3O2. The van der Waals surface area contributed by atoms with E-state index in [0.29, 0.717) is 18.8 Å². The van der Waals surface area contributed by atoms with E-state index in [4.69, 9.17) is 4.42 Å². The van der Waals surface area contributed by atoms with Crippen molar-refractivity contribution in [2.24, 2.45) is 0 Å². The summed E-state index contributed by atoms with van der Waals surface area (Å²) in [4.78, 5) is 0. The molecule has 0 aliphatic rings. The predicted molar refractivity (Wildman–Crippen MR) is 88.7 cm³/mol. The summed E-state index contributed by atoms with van der Waals surface area (Å²) in [6.07, 6.45) is 1.72. The number of aryl methyl sites for hydroxylation is 1. The summed E-state index contributed by atoms with van der Waals surface area (Å²) in [6, 6.07) is 9.84. The molecule has 0 amide bonds. The number of aromatic amines is 1. The van der Waals surface area contributed by atoms with Crippen molar-refractivity contribution in [3.05, 3.63) is 65.5 Å². The Bertz CT molecular complexity index is 806. The van der Waals surface area contributed by atoms with Crippen LogP contribution in [0.4, 0.5) is 4.39 Å². The number of rotatable bonds is 6. The SMILES string of the molecule is Cc1ccc(C(C)(O)CNCc2cn[nH]c2-c2ccc(F)cc2)o1. The summed E-state index contributed by atoms with van der Waals surface area (Å²) >= 11 is 0. The van der Waals surface area contributed by atoms with Gasteiger partial charge in [-0.1, -0.05) is 0 Å². The fourth-order valence-corrected chi connectivity index (χ4v) is 2.56. The Hall–Kier alpha value is -2.44. The Morgan fingerprint density at radius 3 is 2.67 bits per heavy atom. The summed E-state index contributed by atoms with van der Waals surface area (Å²) in [7, 11) is 0. The van der Waals surface area contributed by atoms with E-state index in [1.807, 2.05) is 13.0 Å². The van der Waals surface area contributed by atoms with Crippen LogP contribution in [0.5, 0.6) is 0 Å². The maximum Gasteiger partial charge on any atom is 0.136 e. The van der Waals surface area contributed by atoms with Crippen molar-refractivity contribution in [2.75, 3.05) is 6.54 Å². The summed E-state index contributed by atoms with van der Waals surface area (Å²) in [6.45, 7) is 4.38. The molecule has 5 nitrogen and oxygen atoms in total. The van der Waals surface area contributed by atoms with Gasteiger partial charge in [0, 0.05) is 24.2 Å². The molecule has 1 atom stereocenters. The lowest BCUT2D eigenvalue weighted by Gasteiger charge is -2.21. The van der Waals surface area contributed by atoms with Crippen molar-refractivity contribution in [3.63, 3.8) is 0 Å². The Morgan fingerprint density at radius 2 is 2.00 bits per heavy atom. The number of H-pyrrole nitrogens is 1. The minimum absolute atomic E-state index is 0.275. The van der Waals surface area contributed by atoms with E-state index in [0.717, 1.165) is 22.6 Å². The third-order valence-electron chi connectivity index (χ3n) is 3.91. The fraction of sp³-hybridized carbons (Fsp3) is 0.278. The van der Waals surface area contributed by atoms with E-state index in [1.165, 1.54) is 12.1 Å². The van der Waals surface area contributed by atoms with Gasteiger partial charge in [-0.3, -0.25) is 5.10 Å². The molecule has 0 fully saturated rings. The van der Waals surface area contributed by atoms with Gasteiger partial charge in [-0.15, -0.1) is 0 Å². The van der Waals surface area contributed by atoms with Crippen LogP contribution in [-0.2, 0) is 12.1 Å². The van der Waals surface area contributed by atoms with E-state index in [1.54, 1.807) is 31.3 Å². The van der Waals surface area contributed by atoms with Crippen molar-refractivity contribution in [1.29, 1.82) is 0 Å². The zero-order valence-electron chi connectivity index (χ0n) is 13.6. The monoisotopic (exact) mass is 329 g/mol. The van der Waals surface area contributed by atoms with Crippen molar-refractivity contribution >= 4 is 0 Å². The molecule has 126 valence electrons. The molecule has 2 heterocycles. The Morgan fingerprint density at radius 1 is 1.25 bits per heavy atom. The summed E-state index contributed by atoms with van der Waals surface area (Å²) < 4.78 is 18.5. The first-order valence-electron chi connectivity index (χ1n) is 7.74. The molecule has 0 aliphatic carbocycles. The quantitative estimate of drug-likeness (QED) is 0.650. The Labute approximate surface area is 139 Å². The van der Waals surface area contributed by atoms with Gasteiger partial charge >= 0.3 is 0 Å². The first-order chi connectivity index (χ1) is 11.5. The summed E-state index contributed by atoms with van der Waals surface area (Å²) in [5.41, 5.74) is 1.52. The zero-order chi connectivity index (χ0) is 17.2. The van der Waals surface area contributed by atoms with Crippen LogP contribution in [0.25, 0.3) is 11.3 Å². The van der Waals surface area contributed by atoms with Crippen molar-refractivity contribution in [3.8, 4) is 11.3 Å². The molecule has 2 aromatic heterocycles. The van der Waals surface area contributed by atoms with Gasteiger partial charge in [-0.2, -0.15) is 5.10 Å². The standard InChI is InChI=1S/C18H20FN3O2/c1-12-3-8-16(24-12)18(2,23)11-20-9-14-10-21-22-17(14)13-4-6-15(19)7-5-13/h3-8,10,20,23H,9,11H2,1-2H3,(H,21,22). The molecule has 3 aromatic rings. The van der Waals surface area contributed by atoms with Gasteiger partial charge < -0.3 is 14.8 Å². The van der Waals surface area contributed by atoms with Crippen LogP contribution in [0.15, 0.2) is 47.0 Å². The lowest BCUT2D eigenvalue weighted by molar-refractivity contribution is 0.0333. The Balaban J connectivity index is 1.66. The molecule has 3 rings (SSSR count). The lowest BCUT2D eigenvalue weighted by Crippen LogP contribution is -2.34. The highest BCUT2D eigenvalue weighted by Gasteiger charge is 2.26. The van der Waals surface area contributed by atoms with Crippen molar-refractivity contribution < 1.29 is 13.9 Å². The number of aromatic nitrogens is 2. The smallest absolute Gasteiger partial charge is 0.136 e. The third-order valence-corrected chi connectivity index (χ3v) is 3.91. The maximum absolute atomic E-state index is 13.1. The molecule has 1 aromatic carbocycles. The second kappa shape index (κ2) is 6.59. The maximum atomic E-state index is 13.1. The Kier molecular flexibility index (Phi) is 4.51. The van der Waals surface area contributed by atoms with Crippen molar-refractivity contribution in [2.45, 2.75) is 26.0 Å². The molecule has 3 N–H and O–H groups in total. The first kappa shape index (κ1) is 16.4. The number of hydrogen-bond acceptors (Lipinski definition) is 4. The molecule has 6 heteroatoms. The molecule has 0 bridgehead atoms. The molecule has 24 heavy (non-hydrogen) atoms. The van der Waals surface area contributed by atoms with Gasteiger partial charge in [0.1, 0.15) is 22.9 Å². The van der Waals surface area contributed by atoms with Crippen LogP contribution in [0, 0.1) is 12.7 Å². The zero-order valence-corrected chi connectivity index (χ0v) is 13.6. The van der Waals surface area contributed by atoms with E-state index < -0.39 is 5.60 Å². The molecule has 0 spiro atoms. The second-order valence-corrected chi connectivity index (χ2v) is 6.06. The van der Waals surface area contributed by atoms with Crippen LogP contribution in [0.1, 0.15) is 24.0 Å². The molecule has 0 saturated carbocycles. The molecule has 0 radical (unpaired) electrons. The van der Waals surface area contributed by atoms with Crippen LogP contribution < -0.4 is 5.32 Å². The van der Waals surface area contributed by atoms with Gasteiger partial charge in [0.25, 0.3) is 0 Å². The average molecular weight is 329 g/mol. The summed E-state index contributed by atoms with van der Waals surface area (Å²) in [5, 5.41) is 20.7. The highest BCUT2D eigenvalue weighted by Crippen LogP contribution is 2.23. The number of furan rings is 1. The number of halogens is 1. The lowest BCUT2D eigenvalue weighted by atomic mass is 10.0. The average Bonchev–Trinajstić information content (AvgIpc) is 3.17. The van der Waals surface area contributed by atoms with E-state index in [-0.39, 0.29) is 5.82 Å². The molecule has 0 aliphatic heterocycles. The van der Waals surface area contributed by atoms with E-state index in [2.05, 4.69) is 15.5 Å². The fourth-order valence-electron chi connectivity index (χ4n) is 2.56. The number of nitrogens with one attached hydrogen (secondary N) is 2. The minimum Gasteiger partial charge on any atom is -0.463 e. The minimum atomic E-state index is -1.10. The van der Waals surface area contributed by atoms with E-state index >= 15 is 0 Å². The topological polar surface area (TPSA) is 74.1 Å². The van der Waals surface area contributed by atoms with Crippen molar-refractivity contribution in [1.82, 2.24) is 15.5 Å². The second-order valence-electron chi connectivity index (χ2n) is 6.06. The van der Waals surface area contributed by atoms with Gasteiger partial charge in [0.15, 0.2) is 0 Å². The number of aliphatic hydroxyl groups is 1. The predicted octanol–water partition coefficient (Wildman–Crippen LogP) is 3.11. The number of benzene rings is 1. The van der Waals surface area contributed by atoms with Gasteiger partial charge in [0.05, 0.1) is 11.9 Å². The number of nitrogens with zero attached hydrogens (tertiary/aromatic N) is 1. The normalized spacial score (nSPS) is 13.8. The van der Waals surface area contributed by atoms with Gasteiger partial charge in [-0.25, -0.2) is 4.39 Å². The molecule has 1 unspecified atom stereocenters. The van der Waals surface area contributed by atoms with Gasteiger partial charge in [0.2, 0.25) is 0 Å². The van der Waals surface area contributed by atoms with E-state index in [9.17, 15) is 9.50 Å². The third kappa shape index (κ3) is 3.55. The highest BCUT2D eigenvalue weighted by molar-refractivity contribution is 5.62. The molecular weight excluding hydrogens is 309 g/mol. The molecule has 0 saturated heterocycles. The number of hydrogen-bond donors (Lipinski definition) is 3. The van der Waals surface area contributed by atoms with Gasteiger partial charge in [-0.05, 0) is 50.2 Å².